The first-order chi connectivity index (χ1) is 11.6. The van der Waals surface area contributed by atoms with E-state index in [-0.39, 0.29) is 29.1 Å². The second-order valence-corrected chi connectivity index (χ2v) is 8.16. The van der Waals surface area contributed by atoms with Gasteiger partial charge < -0.3 is 5.32 Å². The molecule has 0 radical (unpaired) electrons. The number of benzene rings is 1. The highest BCUT2D eigenvalue weighted by Crippen LogP contribution is 2.74. The molecule has 3 saturated carbocycles. The predicted octanol–water partition coefficient (Wildman–Crippen LogP) is 3.12. The maximum Gasteiger partial charge on any atom is 0.247 e. The molecule has 2 bridgehead atoms. The van der Waals surface area contributed by atoms with Crippen LogP contribution >= 0.6 is 15.9 Å². The van der Waals surface area contributed by atoms with Crippen molar-refractivity contribution in [2.75, 3.05) is 12.4 Å². The molecule has 1 aromatic carbocycles. The van der Waals surface area contributed by atoms with Crippen molar-refractivity contribution in [3.8, 4) is 0 Å². The largest absolute Gasteiger partial charge is 0.326 e. The third-order valence-electron chi connectivity index (χ3n) is 6.27. The van der Waals surface area contributed by atoms with Gasteiger partial charge in [-0.05, 0) is 67.2 Å². The second kappa shape index (κ2) is 5.85. The highest BCUT2D eigenvalue weighted by molar-refractivity contribution is 9.10. The Morgan fingerprint density at radius 1 is 1.08 bits per heavy atom. The normalized spacial score (nSPS) is 31.9. The van der Waals surface area contributed by atoms with Gasteiger partial charge in [0.15, 0.2) is 0 Å². The smallest absolute Gasteiger partial charge is 0.247 e. The van der Waals surface area contributed by atoms with Gasteiger partial charge in [-0.2, -0.15) is 0 Å². The molecule has 1 aromatic rings. The Balaban J connectivity index is 1.58. The van der Waals surface area contributed by atoms with E-state index in [1.807, 2.05) is 24.3 Å². The molecule has 2 amide bonds. The zero-order valence-electron chi connectivity index (χ0n) is 13.5. The average molecular weight is 393 g/mol. The molecule has 1 spiro atoms. The minimum Gasteiger partial charge on any atom is -0.326 e. The number of rotatable bonds is 4. The van der Waals surface area contributed by atoms with Crippen molar-refractivity contribution in [2.24, 2.45) is 29.1 Å². The quantitative estimate of drug-likeness (QED) is 0.773. The number of hydroxylamine groups is 1. The SMILES string of the molecule is CONC(=O)C1C(C(=O)Nc2ccc(Br)cc2)C2CCC1C21CC1. The predicted molar refractivity (Wildman–Crippen MR) is 92.8 cm³/mol. The van der Waals surface area contributed by atoms with Crippen LogP contribution in [0.5, 0.6) is 0 Å². The van der Waals surface area contributed by atoms with Crippen LogP contribution in [0.1, 0.15) is 25.7 Å². The van der Waals surface area contributed by atoms with E-state index in [9.17, 15) is 9.59 Å². The number of hydrogen-bond acceptors (Lipinski definition) is 3. The van der Waals surface area contributed by atoms with Gasteiger partial charge in [0, 0.05) is 10.2 Å². The van der Waals surface area contributed by atoms with Gasteiger partial charge in [0.25, 0.3) is 0 Å². The molecular formula is C18H21BrN2O3. The van der Waals surface area contributed by atoms with Crippen LogP contribution in [-0.4, -0.2) is 18.9 Å². The summed E-state index contributed by atoms with van der Waals surface area (Å²) in [4.78, 5) is 30.4. The number of amides is 2. The minimum absolute atomic E-state index is 0.0351. The monoisotopic (exact) mass is 392 g/mol. The minimum atomic E-state index is -0.276. The van der Waals surface area contributed by atoms with Crippen LogP contribution in [0.2, 0.25) is 0 Å². The zero-order chi connectivity index (χ0) is 16.9. The number of nitrogens with one attached hydrogen (secondary N) is 2. The van der Waals surface area contributed by atoms with Gasteiger partial charge in [-0.25, -0.2) is 5.48 Å². The number of carbonyl (C=O) groups is 2. The summed E-state index contributed by atoms with van der Waals surface area (Å²) in [5.41, 5.74) is 3.47. The van der Waals surface area contributed by atoms with Crippen LogP contribution in [0, 0.1) is 29.1 Å². The summed E-state index contributed by atoms with van der Waals surface area (Å²) in [5, 5.41) is 3.01. The molecule has 0 aromatic heterocycles. The van der Waals surface area contributed by atoms with E-state index in [0.717, 1.165) is 35.8 Å². The summed E-state index contributed by atoms with van der Waals surface area (Å²) in [6.45, 7) is 0. The fourth-order valence-electron chi connectivity index (χ4n) is 5.29. The van der Waals surface area contributed by atoms with E-state index in [1.165, 1.54) is 7.11 Å². The van der Waals surface area contributed by atoms with Crippen LogP contribution in [-0.2, 0) is 14.4 Å². The molecule has 0 saturated heterocycles. The molecule has 5 nitrogen and oxygen atoms in total. The molecule has 24 heavy (non-hydrogen) atoms. The van der Waals surface area contributed by atoms with Crippen molar-refractivity contribution >= 4 is 33.4 Å². The molecule has 2 N–H and O–H groups in total. The molecule has 4 unspecified atom stereocenters. The fraction of sp³-hybridized carbons (Fsp3) is 0.556. The van der Waals surface area contributed by atoms with Crippen LogP contribution < -0.4 is 10.8 Å². The third-order valence-corrected chi connectivity index (χ3v) is 6.80. The highest BCUT2D eigenvalue weighted by Gasteiger charge is 2.71. The van der Waals surface area contributed by atoms with Gasteiger partial charge in [0.1, 0.15) is 0 Å². The zero-order valence-corrected chi connectivity index (χ0v) is 15.1. The summed E-state index contributed by atoms with van der Waals surface area (Å²) in [5.74, 6) is -0.0745. The van der Waals surface area contributed by atoms with Gasteiger partial charge in [-0.3, -0.25) is 14.4 Å². The van der Waals surface area contributed by atoms with Crippen molar-refractivity contribution in [1.82, 2.24) is 5.48 Å². The maximum atomic E-state index is 13.0. The Bertz CT molecular complexity index is 671. The van der Waals surface area contributed by atoms with Crippen LogP contribution in [0.15, 0.2) is 28.7 Å². The standard InChI is InChI=1S/C18H21BrN2O3/c1-24-21-17(23)15-13-7-6-12(18(13)8-9-18)14(15)16(22)20-11-4-2-10(19)3-5-11/h2-5,12-15H,6-9H2,1H3,(H,20,22)(H,21,23). The summed E-state index contributed by atoms with van der Waals surface area (Å²) in [6, 6.07) is 7.53. The Morgan fingerprint density at radius 3 is 2.21 bits per heavy atom. The van der Waals surface area contributed by atoms with Crippen LogP contribution in [0.4, 0.5) is 5.69 Å². The molecule has 3 fully saturated rings. The van der Waals surface area contributed by atoms with Crippen LogP contribution in [0.25, 0.3) is 0 Å². The summed E-state index contributed by atoms with van der Waals surface area (Å²) in [6.07, 6.45) is 4.41. The highest BCUT2D eigenvalue weighted by atomic mass is 79.9. The Morgan fingerprint density at radius 2 is 1.67 bits per heavy atom. The lowest BCUT2D eigenvalue weighted by molar-refractivity contribution is -0.142. The summed E-state index contributed by atoms with van der Waals surface area (Å²) < 4.78 is 0.967. The Labute approximate surface area is 149 Å². The van der Waals surface area contributed by atoms with E-state index in [2.05, 4.69) is 26.7 Å². The van der Waals surface area contributed by atoms with Crippen molar-refractivity contribution in [2.45, 2.75) is 25.7 Å². The lowest BCUT2D eigenvalue weighted by Crippen LogP contribution is -2.42. The van der Waals surface area contributed by atoms with Gasteiger partial charge in [0.2, 0.25) is 11.8 Å². The van der Waals surface area contributed by atoms with E-state index < -0.39 is 0 Å². The van der Waals surface area contributed by atoms with Gasteiger partial charge in [0.05, 0.1) is 18.9 Å². The number of hydrogen-bond donors (Lipinski definition) is 2. The van der Waals surface area contributed by atoms with Crippen molar-refractivity contribution in [1.29, 1.82) is 0 Å². The average Bonchev–Trinajstić information content (AvgIpc) is 3.23. The molecule has 4 rings (SSSR count). The molecular weight excluding hydrogens is 372 g/mol. The fourth-order valence-corrected chi connectivity index (χ4v) is 5.55. The van der Waals surface area contributed by atoms with E-state index in [1.54, 1.807) is 0 Å². The first kappa shape index (κ1) is 16.1. The second-order valence-electron chi connectivity index (χ2n) is 7.24. The van der Waals surface area contributed by atoms with Crippen LogP contribution in [0.3, 0.4) is 0 Å². The molecule has 4 atom stereocenters. The molecule has 3 aliphatic carbocycles. The number of carbonyl (C=O) groups excluding carboxylic acids is 2. The van der Waals surface area contributed by atoms with Crippen molar-refractivity contribution in [3.05, 3.63) is 28.7 Å². The Kier molecular flexibility index (Phi) is 3.92. The lowest BCUT2D eigenvalue weighted by Gasteiger charge is -2.28. The first-order valence-corrected chi connectivity index (χ1v) is 9.25. The number of anilines is 1. The van der Waals surface area contributed by atoms with Gasteiger partial charge in [-0.1, -0.05) is 15.9 Å². The molecule has 3 aliphatic rings. The van der Waals surface area contributed by atoms with E-state index in [4.69, 9.17) is 4.84 Å². The summed E-state index contributed by atoms with van der Waals surface area (Å²) in [7, 11) is 1.44. The third kappa shape index (κ3) is 2.39. The maximum absolute atomic E-state index is 13.0. The molecule has 0 aliphatic heterocycles. The topological polar surface area (TPSA) is 67.4 Å². The molecule has 6 heteroatoms. The summed E-state index contributed by atoms with van der Waals surface area (Å²) >= 11 is 3.39. The van der Waals surface area contributed by atoms with E-state index >= 15 is 0 Å². The molecule has 0 heterocycles. The number of halogens is 1. The van der Waals surface area contributed by atoms with Gasteiger partial charge in [-0.15, -0.1) is 0 Å². The van der Waals surface area contributed by atoms with E-state index in [0.29, 0.717) is 11.8 Å². The van der Waals surface area contributed by atoms with Crippen molar-refractivity contribution < 1.29 is 14.4 Å². The Hall–Kier alpha value is -1.40. The van der Waals surface area contributed by atoms with Crippen molar-refractivity contribution in [3.63, 3.8) is 0 Å². The van der Waals surface area contributed by atoms with Gasteiger partial charge >= 0.3 is 0 Å². The first-order valence-electron chi connectivity index (χ1n) is 8.46. The molecule has 128 valence electrons. The lowest BCUT2D eigenvalue weighted by atomic mass is 9.78.